The number of Topliss-reactive ketones (excluding diaryl/α,β-unsaturated/α-hetero) is 2. The van der Waals surface area contributed by atoms with Gasteiger partial charge in [-0.05, 0) is 42.7 Å². The van der Waals surface area contributed by atoms with Gasteiger partial charge in [0.25, 0.3) is 0 Å². The maximum atomic E-state index is 14.6. The van der Waals surface area contributed by atoms with Crippen LogP contribution < -0.4 is 0 Å². The van der Waals surface area contributed by atoms with E-state index in [2.05, 4.69) is 0 Å². The summed E-state index contributed by atoms with van der Waals surface area (Å²) in [4.78, 5) is 54.0. The molecule has 4 saturated carbocycles. The first-order valence-corrected chi connectivity index (χ1v) is 15.7. The van der Waals surface area contributed by atoms with Crippen LogP contribution in [-0.2, 0) is 33.4 Å². The van der Waals surface area contributed by atoms with Crippen LogP contribution in [0.1, 0.15) is 78.7 Å². The molecule has 1 saturated heterocycles. The van der Waals surface area contributed by atoms with Crippen LogP contribution in [0.3, 0.4) is 0 Å². The summed E-state index contributed by atoms with van der Waals surface area (Å²) in [6.45, 7) is 9.80. The average Bonchev–Trinajstić information content (AvgIpc) is 3.58. The molecule has 5 aliphatic rings. The largest absolute Gasteiger partial charge is 0.472 e. The first-order valence-electron chi connectivity index (χ1n) is 15.7. The first kappa shape index (κ1) is 31.4. The van der Waals surface area contributed by atoms with Gasteiger partial charge in [-0.1, -0.05) is 27.7 Å². The molecule has 2 bridgehead atoms. The van der Waals surface area contributed by atoms with Gasteiger partial charge < -0.3 is 33.9 Å². The summed E-state index contributed by atoms with van der Waals surface area (Å²) in [7, 11) is 0. The van der Waals surface area contributed by atoms with Crippen LogP contribution >= 0.6 is 0 Å². The third kappa shape index (κ3) is 3.82. The number of carbonyl (C=O) groups is 4. The highest BCUT2D eigenvalue weighted by molar-refractivity contribution is 5.94. The Labute approximate surface area is 256 Å². The number of fused-ring (bicyclic) bond motifs is 3. The Hall–Kier alpha value is -2.60. The molecule has 3 N–H and O–H groups in total. The Balaban J connectivity index is 1.50. The van der Waals surface area contributed by atoms with E-state index in [1.807, 2.05) is 13.8 Å². The van der Waals surface area contributed by atoms with Crippen LogP contribution in [0, 0.1) is 45.3 Å². The molecule has 6 rings (SSSR count). The zero-order valence-corrected chi connectivity index (χ0v) is 26.1. The number of aliphatic hydroxyl groups excluding tert-OH is 3. The van der Waals surface area contributed by atoms with Crippen LogP contribution in [0.5, 0.6) is 0 Å². The molecule has 5 fully saturated rings. The van der Waals surface area contributed by atoms with Crippen molar-refractivity contribution in [3.05, 3.63) is 24.2 Å². The number of ketones is 2. The lowest BCUT2D eigenvalue weighted by Crippen LogP contribution is -2.82. The van der Waals surface area contributed by atoms with Crippen LogP contribution in [0.25, 0.3) is 0 Å². The van der Waals surface area contributed by atoms with Crippen LogP contribution in [0.2, 0.25) is 0 Å². The molecule has 0 radical (unpaired) electrons. The van der Waals surface area contributed by atoms with Crippen molar-refractivity contribution in [1.29, 1.82) is 0 Å². The van der Waals surface area contributed by atoms with Crippen molar-refractivity contribution in [3.63, 3.8) is 0 Å². The van der Waals surface area contributed by atoms with Gasteiger partial charge in [-0.3, -0.25) is 19.2 Å². The predicted molar refractivity (Wildman–Crippen MR) is 151 cm³/mol. The van der Waals surface area contributed by atoms with Crippen LogP contribution in [0.4, 0.5) is 0 Å². The quantitative estimate of drug-likeness (QED) is 0.416. The van der Waals surface area contributed by atoms with E-state index in [4.69, 9.17) is 18.6 Å². The van der Waals surface area contributed by atoms with Gasteiger partial charge in [-0.15, -0.1) is 0 Å². The zero-order valence-electron chi connectivity index (χ0n) is 26.1. The second kappa shape index (κ2) is 10.2. The molecular formula is C33H44O11. The van der Waals surface area contributed by atoms with E-state index in [-0.39, 0.29) is 43.4 Å². The lowest BCUT2D eigenvalue weighted by atomic mass is 9.33. The molecule has 0 aromatic carbocycles. The molecule has 11 heteroatoms. The summed E-state index contributed by atoms with van der Waals surface area (Å²) in [6, 6.07) is 1.80. The van der Waals surface area contributed by atoms with Gasteiger partial charge in [0, 0.05) is 48.3 Å². The molecule has 0 spiro atoms. The molecule has 1 aromatic rings. The van der Waals surface area contributed by atoms with E-state index in [0.29, 0.717) is 6.42 Å². The molecule has 242 valence electrons. The smallest absolute Gasteiger partial charge is 0.310 e. The van der Waals surface area contributed by atoms with Crippen molar-refractivity contribution < 1.29 is 53.1 Å². The summed E-state index contributed by atoms with van der Waals surface area (Å²) in [5.74, 6) is -4.93. The van der Waals surface area contributed by atoms with E-state index >= 15 is 0 Å². The maximum Gasteiger partial charge on any atom is 0.310 e. The lowest BCUT2D eigenvalue weighted by Gasteiger charge is -2.73. The Morgan fingerprint density at radius 2 is 1.77 bits per heavy atom. The average molecular weight is 617 g/mol. The molecule has 11 nitrogen and oxygen atoms in total. The topological polar surface area (TPSA) is 170 Å². The van der Waals surface area contributed by atoms with Gasteiger partial charge in [0.1, 0.15) is 23.8 Å². The third-order valence-corrected chi connectivity index (χ3v) is 12.7. The minimum Gasteiger partial charge on any atom is -0.472 e. The van der Waals surface area contributed by atoms with Crippen LogP contribution in [0.15, 0.2) is 23.0 Å². The molecule has 2 heterocycles. The monoisotopic (exact) mass is 616 g/mol. The molecule has 1 aliphatic heterocycles. The molecule has 44 heavy (non-hydrogen) atoms. The maximum absolute atomic E-state index is 14.6. The number of ether oxygens (including phenoxy) is 3. The van der Waals surface area contributed by atoms with Crippen molar-refractivity contribution in [3.8, 4) is 0 Å². The first-order chi connectivity index (χ1) is 20.6. The summed E-state index contributed by atoms with van der Waals surface area (Å²) in [5.41, 5.74) is -4.23. The van der Waals surface area contributed by atoms with Crippen molar-refractivity contribution in [2.75, 3.05) is 6.61 Å². The van der Waals surface area contributed by atoms with Crippen LogP contribution in [-0.4, -0.2) is 76.1 Å². The Kier molecular flexibility index (Phi) is 7.28. The second-order valence-corrected chi connectivity index (χ2v) is 14.8. The summed E-state index contributed by atoms with van der Waals surface area (Å²) in [6.07, 6.45) is -3.30. The van der Waals surface area contributed by atoms with E-state index in [1.165, 1.54) is 13.2 Å². The molecular weight excluding hydrogens is 572 g/mol. The second-order valence-electron chi connectivity index (χ2n) is 14.8. The fourth-order valence-corrected chi connectivity index (χ4v) is 10.7. The Morgan fingerprint density at radius 1 is 1.07 bits per heavy atom. The summed E-state index contributed by atoms with van der Waals surface area (Å²) in [5, 5.41) is 35.9. The van der Waals surface area contributed by atoms with E-state index in [1.54, 1.807) is 33.1 Å². The molecule has 14 atom stereocenters. The number of carbonyl (C=O) groups excluding carboxylic acids is 4. The highest BCUT2D eigenvalue weighted by atomic mass is 16.7. The summed E-state index contributed by atoms with van der Waals surface area (Å²) < 4.78 is 23.1. The van der Waals surface area contributed by atoms with Crippen molar-refractivity contribution in [1.82, 2.24) is 0 Å². The Bertz CT molecular complexity index is 1360. The van der Waals surface area contributed by atoms with Crippen molar-refractivity contribution >= 4 is 23.5 Å². The fourth-order valence-electron chi connectivity index (χ4n) is 10.7. The van der Waals surface area contributed by atoms with E-state index in [9.17, 15) is 34.5 Å². The highest BCUT2D eigenvalue weighted by Gasteiger charge is 2.82. The Morgan fingerprint density at radius 3 is 2.39 bits per heavy atom. The minimum atomic E-state index is -1.66. The molecule has 0 amide bonds. The molecule has 1 aromatic heterocycles. The normalized spacial score (nSPS) is 48.5. The van der Waals surface area contributed by atoms with Gasteiger partial charge in [0.2, 0.25) is 6.29 Å². The van der Waals surface area contributed by atoms with E-state index in [0.717, 1.165) is 5.56 Å². The number of aliphatic hydroxyl groups is 3. The number of rotatable bonds is 5. The van der Waals surface area contributed by atoms with Gasteiger partial charge >= 0.3 is 11.9 Å². The highest BCUT2D eigenvalue weighted by Crippen LogP contribution is 2.75. The number of hydrogen-bond acceptors (Lipinski definition) is 11. The van der Waals surface area contributed by atoms with Gasteiger partial charge in [-0.2, -0.15) is 0 Å². The van der Waals surface area contributed by atoms with Gasteiger partial charge in [0.15, 0.2) is 0 Å². The van der Waals surface area contributed by atoms with Gasteiger partial charge in [-0.25, -0.2) is 0 Å². The minimum absolute atomic E-state index is 0.00466. The molecule has 4 aliphatic carbocycles. The van der Waals surface area contributed by atoms with Crippen molar-refractivity contribution in [2.45, 2.75) is 104 Å². The third-order valence-electron chi connectivity index (χ3n) is 12.7. The van der Waals surface area contributed by atoms with Crippen molar-refractivity contribution in [2.24, 2.45) is 45.3 Å². The molecule has 0 unspecified atom stereocenters. The number of hydrogen-bond donors (Lipinski definition) is 3. The predicted octanol–water partition coefficient (Wildman–Crippen LogP) is 2.54. The fraction of sp³-hybridized carbons (Fsp3) is 0.758. The zero-order chi connectivity index (χ0) is 32.1. The number of furan rings is 1. The number of esters is 2. The van der Waals surface area contributed by atoms with E-state index < -0.39 is 88.0 Å². The summed E-state index contributed by atoms with van der Waals surface area (Å²) >= 11 is 0. The lowest BCUT2D eigenvalue weighted by molar-refractivity contribution is -0.387. The standard InChI is InChI=1S/C33H44O11/c1-7-15(2)28(40)44-29-31(5)21-11-22(37)32(6)24-19(35)10-18(17-8-9-41-13-17)30(24,4)12-20(36)25(32)33(21,14-42-29)26(39)23(38)27(31)43-16(3)34/h8-9,13,15,18,21-27,29,37-39H,7,10-12,14H2,1-6H3/t15-,18+,21+,22-,23-,24-,25+,26+,27-,29+,30+,31-,32+,33+/m1/s1. The van der Waals surface area contributed by atoms with Gasteiger partial charge in [0.05, 0.1) is 42.7 Å². The SMILES string of the molecule is CC[C@@H](C)C(=O)O[C@@H]1OC[C@]23[C@@H](O)[C@@H](O)[C@@H](OC(C)=O)[C@@]1(C)[C@@H]2C[C@@H](O)[C@@]1(C)[C@@H]2C(=O)C[C@@H](c4ccoc4)[C@]2(C)CC(=O)[C@@H]13.